The van der Waals surface area contributed by atoms with Crippen molar-refractivity contribution in [3.05, 3.63) is 35.1 Å². The summed E-state index contributed by atoms with van der Waals surface area (Å²) in [5, 5.41) is 9.79. The van der Waals surface area contributed by atoms with E-state index in [-0.39, 0.29) is 5.82 Å². The Hall–Kier alpha value is -0.540. The molecule has 0 saturated heterocycles. The molecule has 1 rings (SSSR count). The van der Waals surface area contributed by atoms with Crippen molar-refractivity contribution in [2.75, 3.05) is 12.0 Å². The van der Waals surface area contributed by atoms with Gasteiger partial charge in [-0.3, -0.25) is 0 Å². The molecule has 0 aliphatic carbocycles. The molecule has 3 heteroatoms. The molecular formula is C11H15FOS. The summed E-state index contributed by atoms with van der Waals surface area (Å²) >= 11 is 1.70. The molecule has 1 unspecified atom stereocenters. The normalized spacial score (nSPS) is 12.9. The van der Waals surface area contributed by atoms with E-state index in [1.165, 1.54) is 12.1 Å². The minimum absolute atomic E-state index is 0.247. The number of thioether (sulfide) groups is 1. The first kappa shape index (κ1) is 11.5. The number of rotatable bonds is 4. The minimum atomic E-state index is -0.469. The molecule has 0 heterocycles. The van der Waals surface area contributed by atoms with E-state index in [9.17, 15) is 9.50 Å². The summed E-state index contributed by atoms with van der Waals surface area (Å²) in [4.78, 5) is 0. The van der Waals surface area contributed by atoms with Crippen LogP contribution in [0.2, 0.25) is 0 Å². The first-order valence-electron chi connectivity index (χ1n) is 4.58. The van der Waals surface area contributed by atoms with Crippen molar-refractivity contribution in [1.82, 2.24) is 0 Å². The number of aliphatic hydroxyl groups excluding tert-OH is 1. The van der Waals surface area contributed by atoms with Gasteiger partial charge in [-0.05, 0) is 48.6 Å². The smallest absolute Gasteiger partial charge is 0.123 e. The Balaban J connectivity index is 2.74. The van der Waals surface area contributed by atoms with E-state index in [0.29, 0.717) is 6.42 Å². The van der Waals surface area contributed by atoms with Crippen LogP contribution in [0.4, 0.5) is 4.39 Å². The molecule has 0 aliphatic rings. The van der Waals surface area contributed by atoms with E-state index >= 15 is 0 Å². The van der Waals surface area contributed by atoms with Gasteiger partial charge in [-0.1, -0.05) is 6.07 Å². The van der Waals surface area contributed by atoms with Crippen molar-refractivity contribution in [1.29, 1.82) is 0 Å². The highest BCUT2D eigenvalue weighted by molar-refractivity contribution is 7.98. The molecule has 0 amide bonds. The molecule has 0 bridgehead atoms. The third-order valence-corrected chi connectivity index (χ3v) is 2.83. The van der Waals surface area contributed by atoms with Gasteiger partial charge in [-0.2, -0.15) is 11.8 Å². The second-order valence-electron chi connectivity index (χ2n) is 3.30. The van der Waals surface area contributed by atoms with Gasteiger partial charge >= 0.3 is 0 Å². The van der Waals surface area contributed by atoms with E-state index in [2.05, 4.69) is 0 Å². The van der Waals surface area contributed by atoms with E-state index in [0.717, 1.165) is 16.9 Å². The van der Waals surface area contributed by atoms with E-state index < -0.39 is 6.10 Å². The fourth-order valence-electron chi connectivity index (χ4n) is 1.40. The maximum absolute atomic E-state index is 12.8. The van der Waals surface area contributed by atoms with E-state index in [1.54, 1.807) is 17.8 Å². The van der Waals surface area contributed by atoms with Crippen molar-refractivity contribution in [3.63, 3.8) is 0 Å². The van der Waals surface area contributed by atoms with Gasteiger partial charge in [0.15, 0.2) is 0 Å². The number of halogens is 1. The van der Waals surface area contributed by atoms with Crippen LogP contribution in [-0.4, -0.2) is 17.1 Å². The van der Waals surface area contributed by atoms with Gasteiger partial charge in [0.05, 0.1) is 6.10 Å². The number of hydrogen-bond donors (Lipinski definition) is 1. The third kappa shape index (κ3) is 3.00. The SMILES string of the molecule is CSCCC(O)c1ccc(F)cc1C. The molecule has 1 nitrogen and oxygen atoms in total. The Kier molecular flexibility index (Phi) is 4.42. The zero-order chi connectivity index (χ0) is 10.6. The predicted octanol–water partition coefficient (Wildman–Crippen LogP) is 2.92. The maximum atomic E-state index is 12.8. The van der Waals surface area contributed by atoms with Crippen LogP contribution in [0.15, 0.2) is 18.2 Å². The summed E-state index contributed by atoms with van der Waals surface area (Å²) < 4.78 is 12.8. The van der Waals surface area contributed by atoms with Gasteiger partial charge in [-0.15, -0.1) is 0 Å². The minimum Gasteiger partial charge on any atom is -0.388 e. The van der Waals surface area contributed by atoms with Crippen molar-refractivity contribution < 1.29 is 9.50 Å². The fourth-order valence-corrected chi connectivity index (χ4v) is 1.86. The van der Waals surface area contributed by atoms with Crippen LogP contribution in [0, 0.1) is 12.7 Å². The van der Waals surface area contributed by atoms with Gasteiger partial charge in [0.1, 0.15) is 5.82 Å². The summed E-state index contributed by atoms with van der Waals surface area (Å²) in [6, 6.07) is 4.51. The van der Waals surface area contributed by atoms with E-state index in [4.69, 9.17) is 0 Å². The molecule has 0 aromatic heterocycles. The molecule has 1 aromatic carbocycles. The molecule has 1 aromatic rings. The lowest BCUT2D eigenvalue weighted by molar-refractivity contribution is 0.174. The Morgan fingerprint density at radius 3 is 2.79 bits per heavy atom. The first-order valence-corrected chi connectivity index (χ1v) is 5.97. The van der Waals surface area contributed by atoms with Crippen molar-refractivity contribution in [2.45, 2.75) is 19.4 Å². The molecule has 78 valence electrons. The molecule has 1 atom stereocenters. The van der Waals surface area contributed by atoms with Crippen LogP contribution < -0.4 is 0 Å². The molecule has 0 fully saturated rings. The Labute approximate surface area is 88.3 Å². The van der Waals surface area contributed by atoms with Gasteiger partial charge in [0.2, 0.25) is 0 Å². The Morgan fingerprint density at radius 2 is 2.21 bits per heavy atom. The lowest BCUT2D eigenvalue weighted by atomic mass is 10.0. The zero-order valence-corrected chi connectivity index (χ0v) is 9.27. The molecule has 14 heavy (non-hydrogen) atoms. The lowest BCUT2D eigenvalue weighted by Crippen LogP contribution is -2.01. The van der Waals surface area contributed by atoms with E-state index in [1.807, 2.05) is 13.2 Å². The van der Waals surface area contributed by atoms with Gasteiger partial charge in [0, 0.05) is 0 Å². The Morgan fingerprint density at radius 1 is 1.50 bits per heavy atom. The standard InChI is InChI=1S/C11H15FOS/c1-8-7-9(12)3-4-10(8)11(13)5-6-14-2/h3-4,7,11,13H,5-6H2,1-2H3. The van der Waals surface area contributed by atoms with Crippen LogP contribution in [0.1, 0.15) is 23.7 Å². The highest BCUT2D eigenvalue weighted by atomic mass is 32.2. The number of aryl methyl sites for hydroxylation is 1. The summed E-state index contributed by atoms with van der Waals surface area (Å²) in [5.41, 5.74) is 1.65. The number of aliphatic hydroxyl groups is 1. The quantitative estimate of drug-likeness (QED) is 0.831. The summed E-state index contributed by atoms with van der Waals surface area (Å²) in [6.45, 7) is 1.82. The Bertz CT molecular complexity index is 301. The zero-order valence-electron chi connectivity index (χ0n) is 8.46. The van der Waals surface area contributed by atoms with Gasteiger partial charge in [0.25, 0.3) is 0 Å². The van der Waals surface area contributed by atoms with Crippen LogP contribution >= 0.6 is 11.8 Å². The van der Waals surface area contributed by atoms with Crippen LogP contribution in [0.3, 0.4) is 0 Å². The van der Waals surface area contributed by atoms with Crippen molar-refractivity contribution in [2.24, 2.45) is 0 Å². The highest BCUT2D eigenvalue weighted by Crippen LogP contribution is 2.22. The molecule has 1 N–H and O–H groups in total. The summed E-state index contributed by atoms with van der Waals surface area (Å²) in [6.07, 6.45) is 2.25. The second-order valence-corrected chi connectivity index (χ2v) is 4.28. The molecule has 0 radical (unpaired) electrons. The predicted molar refractivity (Wildman–Crippen MR) is 59.1 cm³/mol. The highest BCUT2D eigenvalue weighted by Gasteiger charge is 2.09. The van der Waals surface area contributed by atoms with Crippen molar-refractivity contribution >= 4 is 11.8 Å². The summed E-state index contributed by atoms with van der Waals surface area (Å²) in [7, 11) is 0. The summed E-state index contributed by atoms with van der Waals surface area (Å²) in [5.74, 6) is 0.668. The molecule has 0 spiro atoms. The average molecular weight is 214 g/mol. The molecular weight excluding hydrogens is 199 g/mol. The third-order valence-electron chi connectivity index (χ3n) is 2.19. The lowest BCUT2D eigenvalue weighted by Gasteiger charge is -2.12. The molecule has 0 aliphatic heterocycles. The second kappa shape index (κ2) is 5.37. The van der Waals surface area contributed by atoms with Crippen LogP contribution in [-0.2, 0) is 0 Å². The largest absolute Gasteiger partial charge is 0.388 e. The monoisotopic (exact) mass is 214 g/mol. The average Bonchev–Trinajstić information content (AvgIpc) is 2.14. The number of hydrogen-bond acceptors (Lipinski definition) is 2. The van der Waals surface area contributed by atoms with Crippen LogP contribution in [0.25, 0.3) is 0 Å². The topological polar surface area (TPSA) is 20.2 Å². The van der Waals surface area contributed by atoms with Gasteiger partial charge < -0.3 is 5.11 Å². The molecule has 0 saturated carbocycles. The first-order chi connectivity index (χ1) is 6.65. The van der Waals surface area contributed by atoms with Gasteiger partial charge in [-0.25, -0.2) is 4.39 Å². The van der Waals surface area contributed by atoms with Crippen LogP contribution in [0.5, 0.6) is 0 Å². The maximum Gasteiger partial charge on any atom is 0.123 e. The number of benzene rings is 1. The van der Waals surface area contributed by atoms with Crippen molar-refractivity contribution in [3.8, 4) is 0 Å². The fraction of sp³-hybridized carbons (Fsp3) is 0.455.